The van der Waals surface area contributed by atoms with Crippen LogP contribution in [0.2, 0.25) is 0 Å². The highest BCUT2D eigenvalue weighted by molar-refractivity contribution is 5.85. The van der Waals surface area contributed by atoms with Crippen molar-refractivity contribution in [1.29, 1.82) is 0 Å². The van der Waals surface area contributed by atoms with E-state index in [1.807, 2.05) is 6.92 Å². The van der Waals surface area contributed by atoms with Crippen LogP contribution in [0.1, 0.15) is 32.6 Å². The van der Waals surface area contributed by atoms with Crippen molar-refractivity contribution < 1.29 is 14.3 Å². The molecule has 0 radical (unpaired) electrons. The van der Waals surface area contributed by atoms with E-state index in [-0.39, 0.29) is 25.2 Å². The Balaban J connectivity index is 0. The minimum Gasteiger partial charge on any atom is -0.465 e. The largest absolute Gasteiger partial charge is 0.465 e. The van der Waals surface area contributed by atoms with Crippen LogP contribution in [0.3, 0.4) is 0 Å². The van der Waals surface area contributed by atoms with Crippen molar-refractivity contribution in [3.05, 3.63) is 0 Å². The second-order valence-electron chi connectivity index (χ2n) is 3.13. The molecule has 0 spiro atoms. The average Bonchev–Trinajstić information content (AvgIpc) is 2.14. The predicted molar refractivity (Wildman–Crippen MR) is 59.5 cm³/mol. The van der Waals surface area contributed by atoms with Gasteiger partial charge in [0.1, 0.15) is 6.04 Å². The third kappa shape index (κ3) is 9.49. The number of hydrogen-bond donors (Lipinski definition) is 2. The lowest BCUT2D eigenvalue weighted by Crippen LogP contribution is -2.33. The smallest absolute Gasteiger partial charge is 0.322 e. The van der Waals surface area contributed by atoms with Crippen LogP contribution in [0, 0.1) is 0 Å². The van der Waals surface area contributed by atoms with E-state index in [0.717, 1.165) is 12.8 Å². The van der Waals surface area contributed by atoms with Gasteiger partial charge in [-0.05, 0) is 12.8 Å². The number of unbranched alkanes of at least 4 members (excludes halogenated alkanes) is 1. The van der Waals surface area contributed by atoms with Crippen molar-refractivity contribution in [2.24, 2.45) is 11.5 Å². The molecule has 90 valence electrons. The van der Waals surface area contributed by atoms with Crippen LogP contribution in [-0.4, -0.2) is 24.5 Å². The highest BCUT2D eigenvalue weighted by Gasteiger charge is 2.15. The molecule has 5 nitrogen and oxygen atoms in total. The third-order valence-electron chi connectivity index (χ3n) is 1.75. The molecular formula is C9H19ClN2O3. The molecule has 0 saturated carbocycles. The van der Waals surface area contributed by atoms with E-state index in [0.29, 0.717) is 6.61 Å². The Bertz CT molecular complexity index is 200. The summed E-state index contributed by atoms with van der Waals surface area (Å²) in [4.78, 5) is 21.5. The Morgan fingerprint density at radius 3 is 2.47 bits per heavy atom. The zero-order valence-corrected chi connectivity index (χ0v) is 9.72. The standard InChI is InChI=1S/C9H18N2O3.ClH/c1-2-3-6-14-9(13)7(10)4-5-8(11)12;/h7H,2-6,10H2,1H3,(H2,11,12);1H/t7-;/m0./s1. The molecule has 1 atom stereocenters. The van der Waals surface area contributed by atoms with Gasteiger partial charge in [0.2, 0.25) is 5.91 Å². The summed E-state index contributed by atoms with van der Waals surface area (Å²) in [7, 11) is 0. The van der Waals surface area contributed by atoms with Crippen molar-refractivity contribution >= 4 is 24.3 Å². The molecule has 15 heavy (non-hydrogen) atoms. The normalized spacial score (nSPS) is 11.3. The van der Waals surface area contributed by atoms with Crippen molar-refractivity contribution in [3.8, 4) is 0 Å². The van der Waals surface area contributed by atoms with Gasteiger partial charge in [0.05, 0.1) is 6.61 Å². The molecule has 0 bridgehead atoms. The van der Waals surface area contributed by atoms with Gasteiger partial charge in [-0.3, -0.25) is 9.59 Å². The predicted octanol–water partition coefficient (Wildman–Crippen LogP) is 0.344. The Hall–Kier alpha value is -0.810. The second-order valence-corrected chi connectivity index (χ2v) is 3.13. The zero-order chi connectivity index (χ0) is 11.0. The molecule has 4 N–H and O–H groups in total. The Morgan fingerprint density at radius 1 is 1.40 bits per heavy atom. The van der Waals surface area contributed by atoms with Crippen LogP contribution in [0.25, 0.3) is 0 Å². The van der Waals surface area contributed by atoms with Gasteiger partial charge in [-0.1, -0.05) is 13.3 Å². The van der Waals surface area contributed by atoms with Gasteiger partial charge in [0, 0.05) is 6.42 Å². The van der Waals surface area contributed by atoms with Gasteiger partial charge in [0.15, 0.2) is 0 Å². The Kier molecular flexibility index (Phi) is 10.8. The van der Waals surface area contributed by atoms with E-state index < -0.39 is 17.9 Å². The molecule has 0 aliphatic rings. The molecule has 0 rings (SSSR count). The number of nitrogens with two attached hydrogens (primary N) is 2. The molecule has 0 aromatic carbocycles. The quantitative estimate of drug-likeness (QED) is 0.494. The zero-order valence-electron chi connectivity index (χ0n) is 8.90. The molecular weight excluding hydrogens is 220 g/mol. The van der Waals surface area contributed by atoms with E-state index in [9.17, 15) is 9.59 Å². The van der Waals surface area contributed by atoms with Gasteiger partial charge in [-0.25, -0.2) is 0 Å². The lowest BCUT2D eigenvalue weighted by atomic mass is 10.1. The fraction of sp³-hybridized carbons (Fsp3) is 0.778. The summed E-state index contributed by atoms with van der Waals surface area (Å²) in [5, 5.41) is 0. The molecule has 6 heteroatoms. The van der Waals surface area contributed by atoms with Gasteiger partial charge in [-0.15, -0.1) is 12.4 Å². The van der Waals surface area contributed by atoms with E-state index in [4.69, 9.17) is 16.2 Å². The SMILES string of the molecule is CCCCOC(=O)[C@@H](N)CCC(N)=O.Cl. The summed E-state index contributed by atoms with van der Waals surface area (Å²) in [5.41, 5.74) is 10.4. The molecule has 0 fully saturated rings. The molecule has 0 aliphatic heterocycles. The third-order valence-corrected chi connectivity index (χ3v) is 1.75. The summed E-state index contributed by atoms with van der Waals surface area (Å²) in [6.45, 7) is 2.39. The van der Waals surface area contributed by atoms with Crippen molar-refractivity contribution in [2.75, 3.05) is 6.61 Å². The number of primary amides is 1. The lowest BCUT2D eigenvalue weighted by molar-refractivity contribution is -0.145. The fourth-order valence-corrected chi connectivity index (χ4v) is 0.840. The monoisotopic (exact) mass is 238 g/mol. The van der Waals surface area contributed by atoms with Crippen molar-refractivity contribution in [2.45, 2.75) is 38.6 Å². The van der Waals surface area contributed by atoms with E-state index in [1.54, 1.807) is 0 Å². The van der Waals surface area contributed by atoms with Crippen LogP contribution < -0.4 is 11.5 Å². The summed E-state index contributed by atoms with van der Waals surface area (Å²) in [6, 6.07) is -0.737. The molecule has 0 aliphatic carbocycles. The molecule has 0 heterocycles. The molecule has 0 aromatic heterocycles. The molecule has 0 unspecified atom stereocenters. The topological polar surface area (TPSA) is 95.4 Å². The number of carbonyl (C=O) groups excluding carboxylic acids is 2. The first kappa shape index (κ1) is 16.6. The van der Waals surface area contributed by atoms with Crippen LogP contribution in [0.4, 0.5) is 0 Å². The number of ether oxygens (including phenoxy) is 1. The number of rotatable bonds is 7. The Labute approximate surface area is 95.9 Å². The van der Waals surface area contributed by atoms with Crippen LogP contribution in [0.5, 0.6) is 0 Å². The van der Waals surface area contributed by atoms with Gasteiger partial charge in [0.25, 0.3) is 0 Å². The van der Waals surface area contributed by atoms with Crippen LogP contribution >= 0.6 is 12.4 Å². The summed E-state index contributed by atoms with van der Waals surface area (Å²) >= 11 is 0. The summed E-state index contributed by atoms with van der Waals surface area (Å²) in [5.74, 6) is -0.915. The molecule has 0 saturated heterocycles. The number of esters is 1. The van der Waals surface area contributed by atoms with E-state index in [1.165, 1.54) is 0 Å². The summed E-state index contributed by atoms with van der Waals surface area (Å²) in [6.07, 6.45) is 2.16. The van der Waals surface area contributed by atoms with Crippen LogP contribution in [-0.2, 0) is 14.3 Å². The first-order chi connectivity index (χ1) is 6.57. The highest BCUT2D eigenvalue weighted by Crippen LogP contribution is 1.98. The minimum absolute atomic E-state index is 0. The highest BCUT2D eigenvalue weighted by atomic mass is 35.5. The van der Waals surface area contributed by atoms with E-state index in [2.05, 4.69) is 0 Å². The van der Waals surface area contributed by atoms with Crippen molar-refractivity contribution in [1.82, 2.24) is 0 Å². The fourth-order valence-electron chi connectivity index (χ4n) is 0.840. The second kappa shape index (κ2) is 9.73. The lowest BCUT2D eigenvalue weighted by Gasteiger charge is -2.09. The molecule has 1 amide bonds. The van der Waals surface area contributed by atoms with Gasteiger partial charge < -0.3 is 16.2 Å². The summed E-state index contributed by atoms with van der Waals surface area (Å²) < 4.78 is 4.86. The first-order valence-electron chi connectivity index (χ1n) is 4.78. The maximum atomic E-state index is 11.1. The maximum absolute atomic E-state index is 11.1. The van der Waals surface area contributed by atoms with Crippen LogP contribution in [0.15, 0.2) is 0 Å². The minimum atomic E-state index is -0.737. The Morgan fingerprint density at radius 2 is 2.00 bits per heavy atom. The number of amides is 1. The van der Waals surface area contributed by atoms with Gasteiger partial charge in [-0.2, -0.15) is 0 Å². The number of halogens is 1. The maximum Gasteiger partial charge on any atom is 0.322 e. The van der Waals surface area contributed by atoms with E-state index >= 15 is 0 Å². The number of carbonyl (C=O) groups is 2. The molecule has 0 aromatic rings. The van der Waals surface area contributed by atoms with Crippen molar-refractivity contribution in [3.63, 3.8) is 0 Å². The van der Waals surface area contributed by atoms with Gasteiger partial charge >= 0.3 is 5.97 Å². The first-order valence-corrected chi connectivity index (χ1v) is 4.78. The average molecular weight is 239 g/mol. The number of hydrogen-bond acceptors (Lipinski definition) is 4.